The zero-order valence-corrected chi connectivity index (χ0v) is 23.8. The molecule has 0 amide bonds. The lowest BCUT2D eigenvalue weighted by molar-refractivity contribution is -0.334. The minimum Gasteiger partial charge on any atom is -0.472 e. The van der Waals surface area contributed by atoms with Crippen LogP contribution in [0.25, 0.3) is 6.08 Å². The number of rotatable bonds is 7. The molecule has 3 fully saturated rings. The van der Waals surface area contributed by atoms with E-state index in [4.69, 9.17) is 23.4 Å². The monoisotopic (exact) mass is 582 g/mol. The molecule has 0 unspecified atom stereocenters. The van der Waals surface area contributed by atoms with Crippen LogP contribution in [-0.4, -0.2) is 75.6 Å². The van der Waals surface area contributed by atoms with Gasteiger partial charge in [-0.05, 0) is 51.3 Å². The summed E-state index contributed by atoms with van der Waals surface area (Å²) in [6, 6.07) is 10.3. The van der Waals surface area contributed by atoms with Crippen molar-refractivity contribution in [2.24, 2.45) is 11.3 Å². The Morgan fingerprint density at radius 3 is 2.45 bits per heavy atom. The highest BCUT2D eigenvalue weighted by atomic mass is 16.6. The van der Waals surface area contributed by atoms with E-state index in [1.807, 2.05) is 6.07 Å². The van der Waals surface area contributed by atoms with Crippen LogP contribution in [0.15, 0.2) is 59.4 Å². The highest BCUT2D eigenvalue weighted by molar-refractivity contribution is 5.96. The third kappa shape index (κ3) is 4.47. The molecule has 1 aromatic carbocycles. The van der Waals surface area contributed by atoms with Gasteiger partial charge in [0.15, 0.2) is 11.9 Å². The topological polar surface area (TPSA) is 159 Å². The van der Waals surface area contributed by atoms with Crippen molar-refractivity contribution >= 4 is 29.8 Å². The number of fused-ring (bicyclic) bond motifs is 1. The summed E-state index contributed by atoms with van der Waals surface area (Å²) in [5.41, 5.74) is -6.58. The number of Topliss-reactive ketones (excluding diaryl/α,β-unsaturated/α-hetero) is 1. The largest absolute Gasteiger partial charge is 0.472 e. The highest BCUT2D eigenvalue weighted by Crippen LogP contribution is 2.67. The molecule has 224 valence electrons. The second-order valence-electron chi connectivity index (χ2n) is 11.9. The van der Waals surface area contributed by atoms with Gasteiger partial charge in [-0.1, -0.05) is 30.3 Å². The number of aliphatic hydroxyl groups is 2. The molecule has 11 heteroatoms. The number of hydrogen-bond donors (Lipinski definition) is 2. The molecule has 2 N–H and O–H groups in total. The van der Waals surface area contributed by atoms with E-state index in [9.17, 15) is 29.4 Å². The molecule has 1 aliphatic heterocycles. The lowest BCUT2D eigenvalue weighted by Crippen LogP contribution is -2.82. The van der Waals surface area contributed by atoms with Gasteiger partial charge in [0.1, 0.15) is 30.0 Å². The lowest BCUT2D eigenvalue weighted by atomic mass is 9.46. The molecule has 42 heavy (non-hydrogen) atoms. The van der Waals surface area contributed by atoms with E-state index in [2.05, 4.69) is 0 Å². The fraction of sp³-hybridized carbons (Fsp3) is 0.484. The van der Waals surface area contributed by atoms with Crippen molar-refractivity contribution in [2.45, 2.75) is 75.7 Å². The SMILES string of the molecule is CC(=O)OC[C@@]12[C@@H](OC(=O)/C=C\c3ccccc3)CC[C@](C)(O)[C@]13OC(C)(C)[C@H](C(=O)[C@H]2OC(=O)c1ccoc1)[C@H]3O. The van der Waals surface area contributed by atoms with Crippen LogP contribution in [-0.2, 0) is 33.3 Å². The maximum absolute atomic E-state index is 14.3. The summed E-state index contributed by atoms with van der Waals surface area (Å²) >= 11 is 0. The van der Waals surface area contributed by atoms with Gasteiger partial charge >= 0.3 is 17.9 Å². The van der Waals surface area contributed by atoms with Crippen molar-refractivity contribution in [3.8, 4) is 0 Å². The molecular formula is C31H34O11. The summed E-state index contributed by atoms with van der Waals surface area (Å²) in [7, 11) is 0. The zero-order valence-electron chi connectivity index (χ0n) is 23.8. The van der Waals surface area contributed by atoms with Crippen molar-refractivity contribution in [3.05, 3.63) is 66.1 Å². The Morgan fingerprint density at radius 2 is 1.81 bits per heavy atom. The number of hydrogen-bond acceptors (Lipinski definition) is 11. The summed E-state index contributed by atoms with van der Waals surface area (Å²) in [4.78, 5) is 52.9. The second-order valence-corrected chi connectivity index (χ2v) is 11.9. The van der Waals surface area contributed by atoms with E-state index >= 15 is 0 Å². The van der Waals surface area contributed by atoms with E-state index in [0.29, 0.717) is 0 Å². The van der Waals surface area contributed by atoms with Crippen molar-refractivity contribution in [2.75, 3.05) is 6.61 Å². The first-order valence-corrected chi connectivity index (χ1v) is 13.7. The standard InChI is InChI=1S/C31H34O11/c1-18(32)39-17-30-21(40-22(33)11-10-19-8-6-5-7-9-19)12-14-29(4,37)31(30)25(35)23(28(2,3)42-31)24(34)26(30)41-27(36)20-13-15-38-16-20/h5-11,13,15-16,21,23,25-26,35,37H,12,14,17H2,1-4H3/b11-10-/t21-,23+,25+,26+,29-,30-,31-/m0/s1. The van der Waals surface area contributed by atoms with Gasteiger partial charge in [-0.2, -0.15) is 0 Å². The van der Waals surface area contributed by atoms with E-state index in [1.165, 1.54) is 25.3 Å². The number of carbonyl (C=O) groups is 4. The summed E-state index contributed by atoms with van der Waals surface area (Å²) in [6.45, 7) is 5.07. The fourth-order valence-corrected chi connectivity index (χ4v) is 7.12. The molecular weight excluding hydrogens is 548 g/mol. The van der Waals surface area contributed by atoms with Crippen LogP contribution < -0.4 is 0 Å². The smallest absolute Gasteiger partial charge is 0.342 e. The van der Waals surface area contributed by atoms with Gasteiger partial charge in [-0.15, -0.1) is 0 Å². The van der Waals surface area contributed by atoms with Gasteiger partial charge in [0.2, 0.25) is 0 Å². The third-order valence-electron chi connectivity index (χ3n) is 8.86. The van der Waals surface area contributed by atoms with Crippen molar-refractivity contribution in [1.29, 1.82) is 0 Å². The van der Waals surface area contributed by atoms with Crippen LogP contribution in [0.5, 0.6) is 0 Å². The molecule has 0 radical (unpaired) electrons. The van der Waals surface area contributed by atoms with Gasteiger partial charge in [0, 0.05) is 13.0 Å². The highest BCUT2D eigenvalue weighted by Gasteiger charge is 2.85. The number of benzene rings is 1. The van der Waals surface area contributed by atoms with Gasteiger partial charge in [-0.25, -0.2) is 9.59 Å². The maximum atomic E-state index is 14.3. The number of ether oxygens (including phenoxy) is 4. The first-order chi connectivity index (χ1) is 19.8. The summed E-state index contributed by atoms with van der Waals surface area (Å²) in [5.74, 6) is -4.44. The van der Waals surface area contributed by atoms with Gasteiger partial charge in [-0.3, -0.25) is 9.59 Å². The summed E-state index contributed by atoms with van der Waals surface area (Å²) < 4.78 is 28.8. The Balaban J connectivity index is 1.67. The van der Waals surface area contributed by atoms with Crippen molar-refractivity contribution < 1.29 is 52.8 Å². The molecule has 2 saturated carbocycles. The molecule has 2 heterocycles. The Bertz CT molecular complexity index is 1390. The fourth-order valence-electron chi connectivity index (χ4n) is 7.12. The molecule has 1 spiro atoms. The first-order valence-electron chi connectivity index (χ1n) is 13.7. The van der Waals surface area contributed by atoms with Gasteiger partial charge < -0.3 is 33.6 Å². The van der Waals surface area contributed by atoms with Gasteiger partial charge in [0.05, 0.1) is 35.1 Å². The number of furan rings is 1. The summed E-state index contributed by atoms with van der Waals surface area (Å²) in [6.07, 6.45) is 0.387. The Hall–Kier alpha value is -3.80. The number of ketones is 1. The third-order valence-corrected chi connectivity index (χ3v) is 8.86. The average Bonchev–Trinajstić information content (AvgIpc) is 3.53. The second kappa shape index (κ2) is 10.5. The first kappa shape index (κ1) is 29.7. The minimum atomic E-state index is -2.06. The number of carbonyl (C=O) groups excluding carboxylic acids is 4. The van der Waals surface area contributed by atoms with Crippen LogP contribution in [0.1, 0.15) is 56.5 Å². The predicted molar refractivity (Wildman–Crippen MR) is 145 cm³/mol. The maximum Gasteiger partial charge on any atom is 0.342 e. The van der Waals surface area contributed by atoms with E-state index in [0.717, 1.165) is 18.8 Å². The molecule has 5 rings (SSSR count). The zero-order chi connectivity index (χ0) is 30.5. The Labute approximate surface area is 242 Å². The van der Waals surface area contributed by atoms with E-state index in [-0.39, 0.29) is 18.4 Å². The van der Waals surface area contributed by atoms with E-state index in [1.54, 1.807) is 44.2 Å². The average molecular weight is 583 g/mol. The van der Waals surface area contributed by atoms with Crippen LogP contribution >= 0.6 is 0 Å². The Kier molecular flexibility index (Phi) is 7.41. The van der Waals surface area contributed by atoms with Crippen LogP contribution in [0.2, 0.25) is 0 Å². The molecule has 11 nitrogen and oxygen atoms in total. The minimum absolute atomic E-state index is 0.0000394. The van der Waals surface area contributed by atoms with Crippen LogP contribution in [0.4, 0.5) is 0 Å². The summed E-state index contributed by atoms with van der Waals surface area (Å²) in [5, 5.41) is 23.8. The van der Waals surface area contributed by atoms with Crippen LogP contribution in [0, 0.1) is 11.3 Å². The van der Waals surface area contributed by atoms with Crippen molar-refractivity contribution in [1.82, 2.24) is 0 Å². The normalized spacial score (nSPS) is 35.0. The molecule has 3 aliphatic rings. The molecule has 2 aromatic rings. The molecule has 2 bridgehead atoms. The molecule has 1 aromatic heterocycles. The predicted octanol–water partition coefficient (Wildman–Crippen LogP) is 2.63. The molecule has 1 saturated heterocycles. The Morgan fingerprint density at radius 1 is 1.10 bits per heavy atom. The number of esters is 3. The van der Waals surface area contributed by atoms with E-state index < -0.39 is 76.7 Å². The van der Waals surface area contributed by atoms with Gasteiger partial charge in [0.25, 0.3) is 0 Å². The lowest BCUT2D eigenvalue weighted by Gasteiger charge is -2.63. The molecule has 7 atom stereocenters. The van der Waals surface area contributed by atoms with Crippen LogP contribution in [0.3, 0.4) is 0 Å². The quantitative estimate of drug-likeness (QED) is 0.281. The molecule has 2 aliphatic carbocycles. The number of aliphatic hydroxyl groups excluding tert-OH is 1. The van der Waals surface area contributed by atoms with Crippen molar-refractivity contribution in [3.63, 3.8) is 0 Å².